The minimum atomic E-state index is 0.487. The van der Waals surface area contributed by atoms with E-state index in [1.54, 1.807) is 0 Å². The zero-order valence-electron chi connectivity index (χ0n) is 8.99. The molecule has 0 aromatic carbocycles. The van der Waals surface area contributed by atoms with E-state index in [1.807, 2.05) is 18.3 Å². The average molecular weight is 236 g/mol. The lowest BCUT2D eigenvalue weighted by Gasteiger charge is -2.25. The number of nitrogens with zero attached hydrogens (tertiary/aromatic N) is 2. The number of piperidine rings is 1. The minimum absolute atomic E-state index is 0.487. The van der Waals surface area contributed by atoms with Gasteiger partial charge in [-0.1, -0.05) is 11.6 Å². The van der Waals surface area contributed by atoms with Gasteiger partial charge in [-0.2, -0.15) is 0 Å². The fraction of sp³-hybridized carbons (Fsp3) is 0.417. The van der Waals surface area contributed by atoms with E-state index in [0.29, 0.717) is 6.04 Å². The Morgan fingerprint density at radius 1 is 1.38 bits per heavy atom. The standard InChI is InChI=1S/C12H14ClN3/c13-11-8-9-2-1-5-15-12(9)16(11)10-3-6-14-7-4-10/h1-2,5,8,10,14H,3-4,6-7H2. The van der Waals surface area contributed by atoms with E-state index in [1.165, 1.54) is 0 Å². The summed E-state index contributed by atoms with van der Waals surface area (Å²) in [5, 5.41) is 5.30. The van der Waals surface area contributed by atoms with Crippen LogP contribution in [0.1, 0.15) is 18.9 Å². The third-order valence-electron chi connectivity index (χ3n) is 3.22. The molecular formula is C12H14ClN3. The Kier molecular flexibility index (Phi) is 2.58. The van der Waals surface area contributed by atoms with Crippen molar-refractivity contribution in [3.05, 3.63) is 29.5 Å². The summed E-state index contributed by atoms with van der Waals surface area (Å²) in [6, 6.07) is 6.50. The van der Waals surface area contributed by atoms with Crippen molar-refractivity contribution in [1.82, 2.24) is 14.9 Å². The normalized spacial score (nSPS) is 18.1. The highest BCUT2D eigenvalue weighted by atomic mass is 35.5. The van der Waals surface area contributed by atoms with Crippen molar-refractivity contribution in [2.75, 3.05) is 13.1 Å². The van der Waals surface area contributed by atoms with Gasteiger partial charge in [0, 0.05) is 17.6 Å². The summed E-state index contributed by atoms with van der Waals surface area (Å²) in [6.45, 7) is 2.13. The highest BCUT2D eigenvalue weighted by Crippen LogP contribution is 2.30. The number of hydrogen-bond donors (Lipinski definition) is 1. The lowest BCUT2D eigenvalue weighted by Crippen LogP contribution is -2.29. The van der Waals surface area contributed by atoms with Gasteiger partial charge in [-0.25, -0.2) is 4.98 Å². The van der Waals surface area contributed by atoms with Crippen molar-refractivity contribution in [3.8, 4) is 0 Å². The van der Waals surface area contributed by atoms with Gasteiger partial charge >= 0.3 is 0 Å². The van der Waals surface area contributed by atoms with Gasteiger partial charge in [0.1, 0.15) is 10.8 Å². The summed E-state index contributed by atoms with van der Waals surface area (Å²) in [4.78, 5) is 4.44. The van der Waals surface area contributed by atoms with Gasteiger partial charge in [0.25, 0.3) is 0 Å². The van der Waals surface area contributed by atoms with Crippen LogP contribution in [-0.4, -0.2) is 22.6 Å². The fourth-order valence-electron chi connectivity index (χ4n) is 2.43. The molecule has 0 unspecified atom stereocenters. The number of rotatable bonds is 1. The SMILES string of the molecule is Clc1cc2cccnc2n1C1CCNCC1. The molecule has 0 spiro atoms. The van der Waals surface area contributed by atoms with Gasteiger partial charge in [-0.3, -0.25) is 0 Å². The van der Waals surface area contributed by atoms with Crippen molar-refractivity contribution < 1.29 is 0 Å². The number of halogens is 1. The molecule has 1 aliphatic rings. The zero-order valence-corrected chi connectivity index (χ0v) is 9.74. The number of fused-ring (bicyclic) bond motifs is 1. The summed E-state index contributed by atoms with van der Waals surface area (Å²) in [6.07, 6.45) is 4.08. The molecular weight excluding hydrogens is 222 g/mol. The van der Waals surface area contributed by atoms with E-state index in [0.717, 1.165) is 42.1 Å². The Labute approximate surface area is 99.4 Å². The Balaban J connectivity index is 2.10. The topological polar surface area (TPSA) is 29.9 Å². The summed E-state index contributed by atoms with van der Waals surface area (Å²) in [7, 11) is 0. The Hall–Kier alpha value is -1.06. The molecule has 0 atom stereocenters. The van der Waals surface area contributed by atoms with Gasteiger partial charge in [0.2, 0.25) is 0 Å². The summed E-state index contributed by atoms with van der Waals surface area (Å²) < 4.78 is 2.18. The second-order valence-corrected chi connectivity index (χ2v) is 4.62. The highest BCUT2D eigenvalue weighted by molar-refractivity contribution is 6.30. The summed E-state index contributed by atoms with van der Waals surface area (Å²) >= 11 is 6.30. The van der Waals surface area contributed by atoms with Crippen molar-refractivity contribution in [3.63, 3.8) is 0 Å². The number of hydrogen-bond acceptors (Lipinski definition) is 2. The van der Waals surface area contributed by atoms with Crippen LogP contribution in [0.25, 0.3) is 11.0 Å². The van der Waals surface area contributed by atoms with Crippen LogP contribution >= 0.6 is 11.6 Å². The van der Waals surface area contributed by atoms with Crippen LogP contribution < -0.4 is 5.32 Å². The number of nitrogens with one attached hydrogen (secondary N) is 1. The van der Waals surface area contributed by atoms with Crippen molar-refractivity contribution >= 4 is 22.6 Å². The smallest absolute Gasteiger partial charge is 0.141 e. The number of aromatic nitrogens is 2. The molecule has 84 valence electrons. The molecule has 3 nitrogen and oxygen atoms in total. The van der Waals surface area contributed by atoms with Gasteiger partial charge in [-0.05, 0) is 44.1 Å². The van der Waals surface area contributed by atoms with E-state index in [2.05, 4.69) is 20.9 Å². The highest BCUT2D eigenvalue weighted by Gasteiger charge is 2.19. The molecule has 3 heterocycles. The molecule has 0 radical (unpaired) electrons. The van der Waals surface area contributed by atoms with Gasteiger partial charge in [0.15, 0.2) is 0 Å². The lowest BCUT2D eigenvalue weighted by molar-refractivity contribution is 0.375. The molecule has 2 aromatic heterocycles. The van der Waals surface area contributed by atoms with Gasteiger partial charge in [0.05, 0.1) is 0 Å². The quantitative estimate of drug-likeness (QED) is 0.824. The molecule has 0 amide bonds. The first-order chi connectivity index (χ1) is 7.86. The monoisotopic (exact) mass is 235 g/mol. The van der Waals surface area contributed by atoms with Crippen LogP contribution in [0.15, 0.2) is 24.4 Å². The van der Waals surface area contributed by atoms with E-state index in [-0.39, 0.29) is 0 Å². The molecule has 16 heavy (non-hydrogen) atoms. The molecule has 0 aliphatic carbocycles. The van der Waals surface area contributed by atoms with Crippen LogP contribution in [0.5, 0.6) is 0 Å². The Morgan fingerprint density at radius 2 is 2.19 bits per heavy atom. The van der Waals surface area contributed by atoms with Crippen LogP contribution in [0.3, 0.4) is 0 Å². The number of pyridine rings is 1. The van der Waals surface area contributed by atoms with Crippen LogP contribution in [0.2, 0.25) is 5.15 Å². The van der Waals surface area contributed by atoms with Crippen molar-refractivity contribution in [1.29, 1.82) is 0 Å². The van der Waals surface area contributed by atoms with Crippen LogP contribution in [-0.2, 0) is 0 Å². The largest absolute Gasteiger partial charge is 0.317 e. The minimum Gasteiger partial charge on any atom is -0.317 e. The van der Waals surface area contributed by atoms with E-state index >= 15 is 0 Å². The Morgan fingerprint density at radius 3 is 3.00 bits per heavy atom. The third-order valence-corrected chi connectivity index (χ3v) is 3.51. The van der Waals surface area contributed by atoms with Gasteiger partial charge in [-0.15, -0.1) is 0 Å². The molecule has 0 bridgehead atoms. The van der Waals surface area contributed by atoms with Crippen molar-refractivity contribution in [2.24, 2.45) is 0 Å². The molecule has 0 saturated carbocycles. The van der Waals surface area contributed by atoms with E-state index < -0.39 is 0 Å². The molecule has 4 heteroatoms. The first-order valence-electron chi connectivity index (χ1n) is 5.68. The average Bonchev–Trinajstić information content (AvgIpc) is 2.66. The first-order valence-corrected chi connectivity index (χ1v) is 6.06. The molecule has 1 fully saturated rings. The third kappa shape index (κ3) is 1.60. The lowest BCUT2D eigenvalue weighted by atomic mass is 10.1. The predicted octanol–water partition coefficient (Wildman–Crippen LogP) is 2.61. The maximum Gasteiger partial charge on any atom is 0.141 e. The fourth-order valence-corrected chi connectivity index (χ4v) is 2.77. The Bertz CT molecular complexity index is 500. The zero-order chi connectivity index (χ0) is 11.0. The van der Waals surface area contributed by atoms with E-state index in [9.17, 15) is 0 Å². The molecule has 2 aromatic rings. The van der Waals surface area contributed by atoms with Crippen LogP contribution in [0.4, 0.5) is 0 Å². The predicted molar refractivity (Wildman–Crippen MR) is 65.9 cm³/mol. The molecule has 1 saturated heterocycles. The first kappa shape index (κ1) is 10.1. The van der Waals surface area contributed by atoms with Gasteiger partial charge < -0.3 is 9.88 Å². The molecule has 3 rings (SSSR count). The second kappa shape index (κ2) is 4.07. The summed E-state index contributed by atoms with van der Waals surface area (Å²) in [5.41, 5.74) is 1.01. The second-order valence-electron chi connectivity index (χ2n) is 4.23. The maximum absolute atomic E-state index is 6.30. The van der Waals surface area contributed by atoms with Crippen molar-refractivity contribution in [2.45, 2.75) is 18.9 Å². The van der Waals surface area contributed by atoms with Crippen LogP contribution in [0, 0.1) is 0 Å². The molecule has 1 N–H and O–H groups in total. The maximum atomic E-state index is 6.30. The molecule has 1 aliphatic heterocycles. The summed E-state index contributed by atoms with van der Waals surface area (Å²) in [5.74, 6) is 0. The van der Waals surface area contributed by atoms with E-state index in [4.69, 9.17) is 11.6 Å².